The largest absolute Gasteiger partial charge is 0.497 e. The molecule has 2 aromatic carbocycles. The van der Waals surface area contributed by atoms with E-state index in [1.807, 2.05) is 78.7 Å². The number of carbonyl (C=O) groups excluding carboxylic acids is 1. The summed E-state index contributed by atoms with van der Waals surface area (Å²) in [6, 6.07) is 23.7. The van der Waals surface area contributed by atoms with Crippen molar-refractivity contribution in [2.24, 2.45) is 5.73 Å². The number of hydrogen-bond acceptors (Lipinski definition) is 9. The summed E-state index contributed by atoms with van der Waals surface area (Å²) in [7, 11) is 3.58. The summed E-state index contributed by atoms with van der Waals surface area (Å²) in [4.78, 5) is 19.3. The number of nitrogens with two attached hydrogens (primary N) is 1. The number of ether oxygens (including phenoxy) is 3. The number of methoxy groups -OCH3 is 1. The maximum atomic E-state index is 12.7. The van der Waals surface area contributed by atoms with Crippen molar-refractivity contribution in [3.63, 3.8) is 0 Å². The normalized spacial score (nSPS) is 13.5. The molecule has 5 aromatic rings. The molecule has 12 nitrogen and oxygen atoms in total. The zero-order chi connectivity index (χ0) is 32.4. The second-order valence-electron chi connectivity index (χ2n) is 11.5. The lowest BCUT2D eigenvalue weighted by Crippen LogP contribution is -2.51. The van der Waals surface area contributed by atoms with Crippen LogP contribution in [0.4, 0.5) is 17.2 Å². The lowest BCUT2D eigenvalue weighted by molar-refractivity contribution is -0.718. The molecule has 3 N–H and O–H groups in total. The molecule has 6 rings (SSSR count). The highest BCUT2D eigenvalue weighted by Crippen LogP contribution is 2.30. The summed E-state index contributed by atoms with van der Waals surface area (Å²) in [6.07, 6.45) is 2.96. The molecule has 12 heteroatoms. The molecule has 0 atom stereocenters. The van der Waals surface area contributed by atoms with Gasteiger partial charge in [-0.25, -0.2) is 4.57 Å². The molecule has 0 saturated carbocycles. The molecule has 3 aromatic heterocycles. The molecular formula is C34H35N8O4+. The van der Waals surface area contributed by atoms with Crippen molar-refractivity contribution in [2.75, 3.05) is 37.6 Å². The maximum absolute atomic E-state index is 12.7. The number of pyridine rings is 1. The van der Waals surface area contributed by atoms with Gasteiger partial charge in [-0.2, -0.15) is 5.26 Å². The van der Waals surface area contributed by atoms with Crippen LogP contribution in [0.2, 0.25) is 0 Å². The monoisotopic (exact) mass is 619 g/mol. The molecule has 1 aliphatic heterocycles. The van der Waals surface area contributed by atoms with Gasteiger partial charge < -0.3 is 30.2 Å². The number of primary amides is 1. The number of nitrogens with one attached hydrogen (secondary N) is 1. The van der Waals surface area contributed by atoms with E-state index in [0.717, 1.165) is 39.5 Å². The molecule has 0 unspecified atom stereocenters. The van der Waals surface area contributed by atoms with E-state index < -0.39 is 11.4 Å². The number of fused-ring (bicyclic) bond motifs is 1. The van der Waals surface area contributed by atoms with E-state index in [1.54, 1.807) is 37.9 Å². The first-order chi connectivity index (χ1) is 22.2. The Labute approximate surface area is 266 Å². The summed E-state index contributed by atoms with van der Waals surface area (Å²) in [5.41, 5.74) is 10.6. The van der Waals surface area contributed by atoms with E-state index in [0.29, 0.717) is 31.2 Å². The number of nitriles is 1. The number of benzene rings is 2. The highest BCUT2D eigenvalue weighted by Gasteiger charge is 2.36. The lowest BCUT2D eigenvalue weighted by Gasteiger charge is -2.21. The van der Waals surface area contributed by atoms with Gasteiger partial charge in [0, 0.05) is 42.7 Å². The predicted octanol–water partition coefficient (Wildman–Crippen LogP) is 4.48. The smallest absolute Gasteiger partial charge is 0.333 e. The summed E-state index contributed by atoms with van der Waals surface area (Å²) >= 11 is 0. The van der Waals surface area contributed by atoms with Gasteiger partial charge in [0.2, 0.25) is 0 Å². The van der Waals surface area contributed by atoms with E-state index in [-0.39, 0.29) is 12.0 Å². The van der Waals surface area contributed by atoms with E-state index in [4.69, 9.17) is 25.0 Å². The molecule has 0 aliphatic carbocycles. The van der Waals surface area contributed by atoms with E-state index >= 15 is 0 Å². The van der Waals surface area contributed by atoms with Gasteiger partial charge in [-0.3, -0.25) is 9.78 Å². The van der Waals surface area contributed by atoms with Gasteiger partial charge in [0.15, 0.2) is 17.6 Å². The number of anilines is 3. The van der Waals surface area contributed by atoms with Gasteiger partial charge in [0.25, 0.3) is 11.6 Å². The topological polar surface area (TPSA) is 144 Å². The number of amides is 1. The number of nitrogens with zero attached hydrogens (tertiary/aromatic N) is 6. The maximum Gasteiger partial charge on any atom is 0.333 e. The van der Waals surface area contributed by atoms with E-state index in [1.165, 1.54) is 4.52 Å². The summed E-state index contributed by atoms with van der Waals surface area (Å²) in [6.45, 7) is 5.22. The standard InChI is InChI=1S/C34H34N8O4/c1-34(2,21-35)41-20-29(31(36)43)42-32(41)28(40(3)19-22-8-11-26(44-4)12-9-22)17-30(39-42)38-25-7-5-6-23(16-25)27-13-10-24(18-37-27)33-45-14-15-46-33/h5-13,16-18,20,33H,14-15,19H2,1-4H3,(H2-,36,38,39,43)/p+1. The first kappa shape index (κ1) is 30.5. The van der Waals surface area contributed by atoms with Crippen molar-refractivity contribution >= 4 is 28.7 Å². The molecule has 0 bridgehead atoms. The minimum atomic E-state index is -1.00. The van der Waals surface area contributed by atoms with Crippen LogP contribution in [0.25, 0.3) is 16.9 Å². The van der Waals surface area contributed by atoms with Gasteiger partial charge in [0.1, 0.15) is 23.7 Å². The Hall–Kier alpha value is -5.51. The first-order valence-electron chi connectivity index (χ1n) is 14.8. The minimum absolute atomic E-state index is 0.148. The summed E-state index contributed by atoms with van der Waals surface area (Å²) in [5.74, 6) is 0.571. The van der Waals surface area contributed by atoms with Crippen LogP contribution in [0.5, 0.6) is 5.75 Å². The van der Waals surface area contributed by atoms with Gasteiger partial charge in [-0.15, -0.1) is 0 Å². The predicted molar refractivity (Wildman–Crippen MR) is 172 cm³/mol. The van der Waals surface area contributed by atoms with Gasteiger partial charge >= 0.3 is 5.65 Å². The summed E-state index contributed by atoms with van der Waals surface area (Å²) in [5, 5.41) is 18.2. The quantitative estimate of drug-likeness (QED) is 0.216. The number of imidazole rings is 1. The molecule has 46 heavy (non-hydrogen) atoms. The van der Waals surface area contributed by atoms with Gasteiger partial charge in [-0.05, 0) is 49.7 Å². The molecule has 0 spiro atoms. The first-order valence-corrected chi connectivity index (χ1v) is 14.8. The fourth-order valence-electron chi connectivity index (χ4n) is 5.37. The molecule has 1 amide bonds. The van der Waals surface area contributed by atoms with Crippen molar-refractivity contribution in [1.82, 2.24) is 14.6 Å². The lowest BCUT2D eigenvalue weighted by atomic mass is 10.1. The zero-order valence-electron chi connectivity index (χ0n) is 26.1. The molecule has 1 aliphatic rings. The molecule has 234 valence electrons. The van der Waals surface area contributed by atoms with Crippen LogP contribution in [0.1, 0.15) is 41.8 Å². The van der Waals surface area contributed by atoms with Crippen LogP contribution >= 0.6 is 0 Å². The van der Waals surface area contributed by atoms with Crippen molar-refractivity contribution < 1.29 is 23.6 Å². The van der Waals surface area contributed by atoms with Crippen molar-refractivity contribution in [1.29, 1.82) is 5.26 Å². The Kier molecular flexibility index (Phi) is 8.27. The van der Waals surface area contributed by atoms with Crippen LogP contribution in [0, 0.1) is 11.3 Å². The average molecular weight is 620 g/mol. The Morgan fingerprint density at radius 1 is 1.17 bits per heavy atom. The van der Waals surface area contributed by atoms with Crippen LogP contribution in [0.3, 0.4) is 0 Å². The highest BCUT2D eigenvalue weighted by atomic mass is 16.7. The van der Waals surface area contributed by atoms with Gasteiger partial charge in [-0.1, -0.05) is 39.9 Å². The zero-order valence-corrected chi connectivity index (χ0v) is 26.1. The molecule has 4 heterocycles. The third-order valence-electron chi connectivity index (χ3n) is 7.85. The van der Waals surface area contributed by atoms with Crippen LogP contribution in [-0.2, 0) is 21.6 Å². The number of aromatic nitrogens is 4. The highest BCUT2D eigenvalue weighted by molar-refractivity contribution is 5.92. The molecule has 1 saturated heterocycles. The second kappa shape index (κ2) is 12.5. The van der Waals surface area contributed by atoms with Crippen molar-refractivity contribution in [2.45, 2.75) is 32.2 Å². The minimum Gasteiger partial charge on any atom is -0.497 e. The summed E-state index contributed by atoms with van der Waals surface area (Å²) < 4.78 is 19.7. The van der Waals surface area contributed by atoms with Crippen LogP contribution in [-0.4, -0.2) is 47.9 Å². The van der Waals surface area contributed by atoms with Gasteiger partial charge in [0.05, 0.1) is 26.0 Å². The molecule has 0 radical (unpaired) electrons. The van der Waals surface area contributed by atoms with E-state index in [2.05, 4.69) is 16.4 Å². The molecule has 1 fully saturated rings. The van der Waals surface area contributed by atoms with Crippen molar-refractivity contribution in [3.05, 3.63) is 95.9 Å². The second-order valence-corrected chi connectivity index (χ2v) is 11.5. The SMILES string of the molecule is COc1ccc(CN(C)c2cc(Nc3cccc(-c4ccc(C5OCCO5)cn4)c3)nn3c(C(N)=O)c[n+](C(C)(C)C#N)c23)cc1. The van der Waals surface area contributed by atoms with E-state index in [9.17, 15) is 10.1 Å². The van der Waals surface area contributed by atoms with Crippen LogP contribution in [0.15, 0.2) is 79.1 Å². The third kappa shape index (κ3) is 6.06. The average Bonchev–Trinajstić information content (AvgIpc) is 3.75. The Balaban J connectivity index is 1.39. The number of rotatable bonds is 10. The van der Waals surface area contributed by atoms with Crippen molar-refractivity contribution in [3.8, 4) is 23.1 Å². The third-order valence-corrected chi connectivity index (χ3v) is 7.85. The van der Waals surface area contributed by atoms with Crippen LogP contribution < -0.4 is 25.3 Å². The fourth-order valence-corrected chi connectivity index (χ4v) is 5.37. The Morgan fingerprint density at radius 3 is 2.59 bits per heavy atom. The Bertz CT molecular complexity index is 1920. The molecular weight excluding hydrogens is 584 g/mol. The Morgan fingerprint density at radius 2 is 1.93 bits per heavy atom. The number of carbonyl (C=O) groups is 1. The number of hydrogen-bond donors (Lipinski definition) is 2. The fraction of sp³-hybridized carbons (Fsp3) is 0.265.